The summed E-state index contributed by atoms with van der Waals surface area (Å²) in [6.07, 6.45) is 8.79. The SMILES string of the molecule is CC(C)C(/C=C\C(C)(C)C)OC/C=C/c1ccccc1. The van der Waals surface area contributed by atoms with Crippen molar-refractivity contribution in [2.24, 2.45) is 11.3 Å². The van der Waals surface area contributed by atoms with E-state index in [1.165, 1.54) is 5.56 Å². The maximum absolute atomic E-state index is 5.95. The van der Waals surface area contributed by atoms with E-state index in [-0.39, 0.29) is 11.5 Å². The fourth-order valence-electron chi connectivity index (χ4n) is 1.77. The molecule has 110 valence electrons. The van der Waals surface area contributed by atoms with Crippen LogP contribution in [0.15, 0.2) is 48.6 Å². The molecule has 20 heavy (non-hydrogen) atoms. The van der Waals surface area contributed by atoms with Crippen LogP contribution in [0, 0.1) is 11.3 Å². The fourth-order valence-corrected chi connectivity index (χ4v) is 1.77. The third kappa shape index (κ3) is 7.30. The highest BCUT2D eigenvalue weighted by Crippen LogP contribution is 2.17. The highest BCUT2D eigenvalue weighted by Gasteiger charge is 2.11. The number of ether oxygens (including phenoxy) is 1. The first-order chi connectivity index (χ1) is 9.38. The smallest absolute Gasteiger partial charge is 0.0783 e. The average Bonchev–Trinajstić information content (AvgIpc) is 2.37. The second kappa shape index (κ2) is 8.06. The maximum Gasteiger partial charge on any atom is 0.0783 e. The summed E-state index contributed by atoms with van der Waals surface area (Å²) < 4.78 is 5.95. The van der Waals surface area contributed by atoms with Gasteiger partial charge >= 0.3 is 0 Å². The van der Waals surface area contributed by atoms with Crippen molar-refractivity contribution in [3.8, 4) is 0 Å². The van der Waals surface area contributed by atoms with Crippen molar-refractivity contribution in [3.63, 3.8) is 0 Å². The Morgan fingerprint density at radius 2 is 1.75 bits per heavy atom. The summed E-state index contributed by atoms with van der Waals surface area (Å²) >= 11 is 0. The molecule has 0 radical (unpaired) electrons. The van der Waals surface area contributed by atoms with Crippen LogP contribution in [0.5, 0.6) is 0 Å². The summed E-state index contributed by atoms with van der Waals surface area (Å²) in [6.45, 7) is 11.6. The van der Waals surface area contributed by atoms with Gasteiger partial charge in [0.15, 0.2) is 0 Å². The van der Waals surface area contributed by atoms with Gasteiger partial charge in [0.1, 0.15) is 0 Å². The maximum atomic E-state index is 5.95. The molecular weight excluding hydrogens is 244 g/mol. The van der Waals surface area contributed by atoms with E-state index in [1.807, 2.05) is 18.2 Å². The lowest BCUT2D eigenvalue weighted by Gasteiger charge is -2.19. The molecule has 0 aromatic heterocycles. The van der Waals surface area contributed by atoms with Crippen LogP contribution in [0.2, 0.25) is 0 Å². The van der Waals surface area contributed by atoms with Gasteiger partial charge in [0.05, 0.1) is 12.7 Å². The Morgan fingerprint density at radius 3 is 2.30 bits per heavy atom. The Kier molecular flexibility index (Phi) is 6.74. The first-order valence-electron chi connectivity index (χ1n) is 7.41. The molecule has 0 amide bonds. The molecule has 0 aliphatic rings. The lowest BCUT2D eigenvalue weighted by atomic mass is 9.94. The fraction of sp³-hybridized carbons (Fsp3) is 0.474. The zero-order chi connectivity index (χ0) is 15.0. The van der Waals surface area contributed by atoms with Gasteiger partial charge in [-0.15, -0.1) is 0 Å². The molecule has 0 saturated carbocycles. The minimum atomic E-state index is 0.176. The molecule has 0 spiro atoms. The van der Waals surface area contributed by atoms with Crippen LogP contribution in [0.1, 0.15) is 40.2 Å². The number of allylic oxidation sites excluding steroid dienone is 1. The molecule has 1 aromatic rings. The van der Waals surface area contributed by atoms with Crippen molar-refractivity contribution >= 4 is 6.08 Å². The number of hydrogen-bond donors (Lipinski definition) is 0. The molecule has 0 aliphatic heterocycles. The number of benzene rings is 1. The minimum absolute atomic E-state index is 0.176. The van der Waals surface area contributed by atoms with Gasteiger partial charge < -0.3 is 4.74 Å². The highest BCUT2D eigenvalue weighted by atomic mass is 16.5. The van der Waals surface area contributed by atoms with Gasteiger partial charge in [-0.05, 0) is 16.9 Å². The summed E-state index contributed by atoms with van der Waals surface area (Å²) in [6, 6.07) is 10.3. The average molecular weight is 272 g/mol. The van der Waals surface area contributed by atoms with Gasteiger partial charge in [-0.25, -0.2) is 0 Å². The Labute approximate surface area is 124 Å². The predicted molar refractivity (Wildman–Crippen MR) is 88.6 cm³/mol. The van der Waals surface area contributed by atoms with E-state index in [9.17, 15) is 0 Å². The molecule has 0 N–H and O–H groups in total. The quantitative estimate of drug-likeness (QED) is 0.635. The van der Waals surface area contributed by atoms with E-state index in [2.05, 4.69) is 71.1 Å². The third-order valence-corrected chi connectivity index (χ3v) is 2.94. The summed E-state index contributed by atoms with van der Waals surface area (Å²) in [5.74, 6) is 0.485. The summed E-state index contributed by atoms with van der Waals surface area (Å²) in [4.78, 5) is 0. The van der Waals surface area contributed by atoms with Gasteiger partial charge in [0.25, 0.3) is 0 Å². The van der Waals surface area contributed by atoms with Gasteiger partial charge in [-0.2, -0.15) is 0 Å². The normalized spacial score (nSPS) is 14.5. The highest BCUT2D eigenvalue weighted by molar-refractivity contribution is 5.48. The second-order valence-electron chi connectivity index (χ2n) is 6.58. The van der Waals surface area contributed by atoms with Crippen LogP contribution in [-0.4, -0.2) is 12.7 Å². The Hall–Kier alpha value is -1.34. The molecule has 1 rings (SSSR count). The monoisotopic (exact) mass is 272 g/mol. The van der Waals surface area contributed by atoms with Crippen molar-refractivity contribution in [1.29, 1.82) is 0 Å². The van der Waals surface area contributed by atoms with Crippen LogP contribution in [0.4, 0.5) is 0 Å². The molecule has 0 bridgehead atoms. The van der Waals surface area contributed by atoms with Crippen LogP contribution >= 0.6 is 0 Å². The van der Waals surface area contributed by atoms with E-state index in [0.29, 0.717) is 12.5 Å². The van der Waals surface area contributed by atoms with E-state index >= 15 is 0 Å². The second-order valence-corrected chi connectivity index (χ2v) is 6.58. The van der Waals surface area contributed by atoms with Crippen molar-refractivity contribution < 1.29 is 4.74 Å². The van der Waals surface area contributed by atoms with Crippen LogP contribution in [0.3, 0.4) is 0 Å². The van der Waals surface area contributed by atoms with E-state index in [1.54, 1.807) is 0 Å². The molecule has 0 fully saturated rings. The lowest BCUT2D eigenvalue weighted by Crippen LogP contribution is -2.18. The van der Waals surface area contributed by atoms with Crippen molar-refractivity contribution in [2.45, 2.75) is 40.7 Å². The van der Waals surface area contributed by atoms with E-state index in [0.717, 1.165) is 0 Å². The Morgan fingerprint density at radius 1 is 1.10 bits per heavy atom. The first-order valence-corrected chi connectivity index (χ1v) is 7.41. The van der Waals surface area contributed by atoms with Crippen LogP contribution < -0.4 is 0 Å². The largest absolute Gasteiger partial charge is 0.370 e. The van der Waals surface area contributed by atoms with Crippen molar-refractivity contribution in [1.82, 2.24) is 0 Å². The van der Waals surface area contributed by atoms with Crippen molar-refractivity contribution in [3.05, 3.63) is 54.1 Å². The molecule has 1 heteroatoms. The molecular formula is C19H28O. The van der Waals surface area contributed by atoms with E-state index in [4.69, 9.17) is 4.74 Å². The minimum Gasteiger partial charge on any atom is -0.370 e. The van der Waals surface area contributed by atoms with Crippen LogP contribution in [-0.2, 0) is 4.74 Å². The molecule has 1 atom stereocenters. The number of rotatable bonds is 6. The van der Waals surface area contributed by atoms with Crippen molar-refractivity contribution in [2.75, 3.05) is 6.61 Å². The number of hydrogen-bond acceptors (Lipinski definition) is 1. The molecule has 1 unspecified atom stereocenters. The zero-order valence-electron chi connectivity index (χ0n) is 13.5. The third-order valence-electron chi connectivity index (χ3n) is 2.94. The Bertz CT molecular complexity index is 421. The zero-order valence-corrected chi connectivity index (χ0v) is 13.5. The molecule has 1 nitrogen and oxygen atoms in total. The lowest BCUT2D eigenvalue weighted by molar-refractivity contribution is 0.0754. The molecule has 0 aliphatic carbocycles. The standard InChI is InChI=1S/C19H28O/c1-16(2)18(13-14-19(3,4)5)20-15-9-12-17-10-7-6-8-11-17/h6-14,16,18H,15H2,1-5H3/b12-9+,14-13-. The Balaban J connectivity index is 2.48. The van der Waals surface area contributed by atoms with Gasteiger partial charge in [-0.1, -0.05) is 89.3 Å². The summed E-state index contributed by atoms with van der Waals surface area (Å²) in [7, 11) is 0. The molecule has 1 aromatic carbocycles. The molecule has 0 saturated heterocycles. The van der Waals surface area contributed by atoms with Gasteiger partial charge in [0.2, 0.25) is 0 Å². The van der Waals surface area contributed by atoms with Crippen LogP contribution in [0.25, 0.3) is 6.08 Å². The van der Waals surface area contributed by atoms with Gasteiger partial charge in [-0.3, -0.25) is 0 Å². The van der Waals surface area contributed by atoms with Gasteiger partial charge in [0, 0.05) is 0 Å². The topological polar surface area (TPSA) is 9.23 Å². The summed E-state index contributed by atoms with van der Waals surface area (Å²) in [5.41, 5.74) is 1.42. The van der Waals surface area contributed by atoms with E-state index < -0.39 is 0 Å². The first kappa shape index (κ1) is 16.7. The summed E-state index contributed by atoms with van der Waals surface area (Å²) in [5, 5.41) is 0. The molecule has 0 heterocycles. The predicted octanol–water partition coefficient (Wildman–Crippen LogP) is 5.34.